The number of benzene rings is 1. The highest BCUT2D eigenvalue weighted by Crippen LogP contribution is 2.13. The highest BCUT2D eigenvalue weighted by Gasteiger charge is 2.14. The first kappa shape index (κ1) is 16.8. The SMILES string of the molecule is CCc1cccc(NC(=O)Cn2ccc3c(=O)n(C)c(=O)n(C)c32)c1. The standard InChI is InChI=1S/C18H20N4O3/c1-4-12-6-5-7-13(10-12)19-15(23)11-22-9-8-14-16(22)20(2)18(25)21(3)17(14)24/h5-10H,4,11H2,1-3H3,(H,19,23). The summed E-state index contributed by atoms with van der Waals surface area (Å²) in [5, 5.41) is 3.26. The Morgan fingerprint density at radius 3 is 2.60 bits per heavy atom. The van der Waals surface area contributed by atoms with Gasteiger partial charge in [-0.3, -0.25) is 18.7 Å². The molecular weight excluding hydrogens is 320 g/mol. The van der Waals surface area contributed by atoms with Crippen LogP contribution in [0.3, 0.4) is 0 Å². The second-order valence-corrected chi connectivity index (χ2v) is 5.99. The van der Waals surface area contributed by atoms with Crippen molar-refractivity contribution >= 4 is 22.6 Å². The van der Waals surface area contributed by atoms with E-state index in [9.17, 15) is 14.4 Å². The van der Waals surface area contributed by atoms with E-state index in [1.165, 1.54) is 11.6 Å². The molecule has 2 heterocycles. The van der Waals surface area contributed by atoms with Crippen LogP contribution in [0.5, 0.6) is 0 Å². The summed E-state index contributed by atoms with van der Waals surface area (Å²) in [6.07, 6.45) is 2.53. The van der Waals surface area contributed by atoms with E-state index in [4.69, 9.17) is 0 Å². The number of nitrogens with zero attached hydrogens (tertiary/aromatic N) is 3. The molecule has 7 heteroatoms. The summed E-state index contributed by atoms with van der Waals surface area (Å²) in [5.41, 5.74) is 1.51. The molecule has 0 fully saturated rings. The molecule has 0 unspecified atom stereocenters. The first-order chi connectivity index (χ1) is 11.9. The molecule has 1 amide bonds. The van der Waals surface area contributed by atoms with E-state index in [2.05, 4.69) is 5.32 Å². The number of aromatic nitrogens is 3. The summed E-state index contributed by atoms with van der Waals surface area (Å²) >= 11 is 0. The van der Waals surface area contributed by atoms with E-state index in [-0.39, 0.29) is 18.0 Å². The van der Waals surface area contributed by atoms with Crippen molar-refractivity contribution in [1.82, 2.24) is 13.7 Å². The minimum absolute atomic E-state index is 0.0142. The van der Waals surface area contributed by atoms with Gasteiger partial charge in [0.05, 0.1) is 5.39 Å². The Balaban J connectivity index is 1.92. The molecule has 3 rings (SSSR count). The first-order valence-corrected chi connectivity index (χ1v) is 8.06. The Morgan fingerprint density at radius 2 is 1.88 bits per heavy atom. The van der Waals surface area contributed by atoms with Gasteiger partial charge in [-0.25, -0.2) is 4.79 Å². The molecule has 0 saturated carbocycles. The number of fused-ring (bicyclic) bond motifs is 1. The van der Waals surface area contributed by atoms with Crippen LogP contribution in [0.2, 0.25) is 0 Å². The van der Waals surface area contributed by atoms with Gasteiger partial charge in [0, 0.05) is 26.0 Å². The number of anilines is 1. The molecule has 0 bridgehead atoms. The van der Waals surface area contributed by atoms with Crippen molar-refractivity contribution in [3.63, 3.8) is 0 Å². The molecule has 1 aromatic carbocycles. The lowest BCUT2D eigenvalue weighted by atomic mass is 10.1. The monoisotopic (exact) mass is 340 g/mol. The average molecular weight is 340 g/mol. The molecule has 130 valence electrons. The van der Waals surface area contributed by atoms with Crippen LogP contribution in [0.4, 0.5) is 5.69 Å². The van der Waals surface area contributed by atoms with Crippen molar-refractivity contribution in [3.05, 3.63) is 62.9 Å². The van der Waals surface area contributed by atoms with Crippen molar-refractivity contribution in [3.8, 4) is 0 Å². The molecular formula is C18H20N4O3. The van der Waals surface area contributed by atoms with Gasteiger partial charge >= 0.3 is 5.69 Å². The highest BCUT2D eigenvalue weighted by molar-refractivity contribution is 5.91. The van der Waals surface area contributed by atoms with Gasteiger partial charge in [0.1, 0.15) is 12.2 Å². The fraction of sp³-hybridized carbons (Fsp3) is 0.278. The van der Waals surface area contributed by atoms with E-state index in [1.54, 1.807) is 23.9 Å². The van der Waals surface area contributed by atoms with Crippen LogP contribution < -0.4 is 16.6 Å². The molecule has 0 atom stereocenters. The second-order valence-electron chi connectivity index (χ2n) is 5.99. The molecule has 0 saturated heterocycles. The van der Waals surface area contributed by atoms with Crippen LogP contribution in [-0.4, -0.2) is 19.6 Å². The predicted octanol–water partition coefficient (Wildman–Crippen LogP) is 1.24. The van der Waals surface area contributed by atoms with Crippen LogP contribution in [0.1, 0.15) is 12.5 Å². The predicted molar refractivity (Wildman–Crippen MR) is 96.9 cm³/mol. The molecule has 7 nitrogen and oxygen atoms in total. The molecule has 2 aromatic heterocycles. The second kappa shape index (κ2) is 6.43. The Hall–Kier alpha value is -3.09. The van der Waals surface area contributed by atoms with Gasteiger partial charge in [-0.15, -0.1) is 0 Å². The van der Waals surface area contributed by atoms with Gasteiger partial charge in [-0.2, -0.15) is 0 Å². The minimum Gasteiger partial charge on any atom is -0.325 e. The van der Waals surface area contributed by atoms with Crippen LogP contribution in [-0.2, 0) is 31.9 Å². The van der Waals surface area contributed by atoms with Gasteiger partial charge in [0.2, 0.25) is 5.91 Å². The van der Waals surface area contributed by atoms with Crippen LogP contribution in [0.15, 0.2) is 46.1 Å². The third-order valence-corrected chi connectivity index (χ3v) is 4.29. The summed E-state index contributed by atoms with van der Waals surface area (Å²) in [5.74, 6) is -0.223. The summed E-state index contributed by atoms with van der Waals surface area (Å²) in [6.45, 7) is 2.06. The molecule has 0 spiro atoms. The number of carbonyl (C=O) groups is 1. The van der Waals surface area contributed by atoms with Crippen molar-refractivity contribution in [1.29, 1.82) is 0 Å². The lowest BCUT2D eigenvalue weighted by molar-refractivity contribution is -0.116. The first-order valence-electron chi connectivity index (χ1n) is 8.06. The molecule has 0 aliphatic carbocycles. The zero-order chi connectivity index (χ0) is 18.1. The van der Waals surface area contributed by atoms with Gasteiger partial charge in [0.25, 0.3) is 5.56 Å². The molecule has 0 aliphatic heterocycles. The molecule has 0 aliphatic rings. The number of amides is 1. The van der Waals surface area contributed by atoms with E-state index in [1.807, 2.05) is 31.2 Å². The highest BCUT2D eigenvalue weighted by atomic mass is 16.2. The number of nitrogens with one attached hydrogen (secondary N) is 1. The Bertz CT molecular complexity index is 1070. The minimum atomic E-state index is -0.423. The number of hydrogen-bond donors (Lipinski definition) is 1. The maximum absolute atomic E-state index is 12.4. The lowest BCUT2D eigenvalue weighted by Gasteiger charge is -2.11. The van der Waals surface area contributed by atoms with Crippen LogP contribution in [0.25, 0.3) is 11.0 Å². The van der Waals surface area contributed by atoms with Gasteiger partial charge in [-0.05, 0) is 30.2 Å². The Kier molecular flexibility index (Phi) is 4.31. The number of hydrogen-bond acceptors (Lipinski definition) is 3. The average Bonchev–Trinajstić information content (AvgIpc) is 3.01. The summed E-state index contributed by atoms with van der Waals surface area (Å²) in [7, 11) is 3.03. The van der Waals surface area contributed by atoms with Gasteiger partial charge < -0.3 is 9.88 Å². The fourth-order valence-electron chi connectivity index (χ4n) is 2.94. The number of rotatable bonds is 4. The van der Waals surface area contributed by atoms with E-state index in [0.29, 0.717) is 11.0 Å². The van der Waals surface area contributed by atoms with Crippen LogP contribution >= 0.6 is 0 Å². The number of carbonyl (C=O) groups excluding carboxylic acids is 1. The third-order valence-electron chi connectivity index (χ3n) is 4.29. The molecule has 1 N–H and O–H groups in total. The maximum atomic E-state index is 12.4. The number of aryl methyl sites for hydroxylation is 2. The third kappa shape index (κ3) is 3.00. The van der Waals surface area contributed by atoms with Crippen molar-refractivity contribution in [2.75, 3.05) is 5.32 Å². The Morgan fingerprint density at radius 1 is 1.12 bits per heavy atom. The van der Waals surface area contributed by atoms with E-state index in [0.717, 1.165) is 22.2 Å². The smallest absolute Gasteiger partial charge is 0.325 e. The quantitative estimate of drug-likeness (QED) is 0.776. The van der Waals surface area contributed by atoms with Crippen LogP contribution in [0, 0.1) is 0 Å². The Labute approximate surface area is 144 Å². The molecule has 25 heavy (non-hydrogen) atoms. The zero-order valence-corrected chi connectivity index (χ0v) is 14.4. The molecule has 0 radical (unpaired) electrons. The topological polar surface area (TPSA) is 78.0 Å². The van der Waals surface area contributed by atoms with Crippen molar-refractivity contribution < 1.29 is 4.79 Å². The lowest BCUT2D eigenvalue weighted by Crippen LogP contribution is -2.37. The molecule has 3 aromatic rings. The summed E-state index contributed by atoms with van der Waals surface area (Å²) in [6, 6.07) is 9.28. The summed E-state index contributed by atoms with van der Waals surface area (Å²) in [4.78, 5) is 36.7. The maximum Gasteiger partial charge on any atom is 0.332 e. The fourth-order valence-corrected chi connectivity index (χ4v) is 2.94. The zero-order valence-electron chi connectivity index (χ0n) is 14.4. The van der Waals surface area contributed by atoms with Gasteiger partial charge in [-0.1, -0.05) is 19.1 Å². The van der Waals surface area contributed by atoms with E-state index < -0.39 is 5.69 Å². The largest absolute Gasteiger partial charge is 0.332 e. The van der Waals surface area contributed by atoms with Gasteiger partial charge in [0.15, 0.2) is 0 Å². The normalized spacial score (nSPS) is 11.0. The summed E-state index contributed by atoms with van der Waals surface area (Å²) < 4.78 is 4.04. The van der Waals surface area contributed by atoms with Crippen molar-refractivity contribution in [2.24, 2.45) is 14.1 Å². The van der Waals surface area contributed by atoms with Crippen molar-refractivity contribution in [2.45, 2.75) is 19.9 Å². The van der Waals surface area contributed by atoms with E-state index >= 15 is 0 Å².